The van der Waals surface area contributed by atoms with Gasteiger partial charge in [-0.2, -0.15) is 0 Å². The van der Waals surface area contributed by atoms with E-state index in [0.29, 0.717) is 6.61 Å². The monoisotopic (exact) mass is 203 g/mol. The highest BCUT2D eigenvalue weighted by Gasteiger charge is 2.02. The van der Waals surface area contributed by atoms with Crippen LogP contribution in [0.3, 0.4) is 0 Å². The number of nitrogens with two attached hydrogens (primary N) is 2. The average Bonchev–Trinajstić information content (AvgIpc) is 2.21. The molecule has 4 heteroatoms. The number of nitrogens with zero attached hydrogens (tertiary/aromatic N) is 1. The molecule has 4 nitrogen and oxygen atoms in total. The van der Waals surface area contributed by atoms with Gasteiger partial charge in [0.2, 0.25) is 0 Å². The minimum absolute atomic E-state index is 0.293. The summed E-state index contributed by atoms with van der Waals surface area (Å²) in [7, 11) is 0. The molecular formula is C10H25N3O. The van der Waals surface area contributed by atoms with Crippen molar-refractivity contribution in [3.05, 3.63) is 0 Å². The van der Waals surface area contributed by atoms with Gasteiger partial charge < -0.3 is 21.5 Å². The minimum atomic E-state index is 0.293. The molecule has 0 unspecified atom stereocenters. The average molecular weight is 203 g/mol. The van der Waals surface area contributed by atoms with Crippen molar-refractivity contribution in [3.63, 3.8) is 0 Å². The van der Waals surface area contributed by atoms with Crippen LogP contribution >= 0.6 is 0 Å². The minimum Gasteiger partial charge on any atom is -0.396 e. The van der Waals surface area contributed by atoms with E-state index in [4.69, 9.17) is 16.6 Å². The van der Waals surface area contributed by atoms with E-state index in [1.54, 1.807) is 0 Å². The molecular weight excluding hydrogens is 178 g/mol. The molecule has 0 fully saturated rings. The van der Waals surface area contributed by atoms with Gasteiger partial charge in [-0.05, 0) is 58.4 Å². The second-order valence-electron chi connectivity index (χ2n) is 3.56. The summed E-state index contributed by atoms with van der Waals surface area (Å²) in [5.41, 5.74) is 10.9. The molecule has 0 heterocycles. The van der Waals surface area contributed by atoms with Gasteiger partial charge in [0, 0.05) is 6.61 Å². The molecule has 0 atom stereocenters. The maximum Gasteiger partial charge on any atom is 0.0431 e. The summed E-state index contributed by atoms with van der Waals surface area (Å²) in [6.07, 6.45) is 4.04. The van der Waals surface area contributed by atoms with Crippen molar-refractivity contribution in [2.75, 3.05) is 39.3 Å². The normalized spacial score (nSPS) is 11.1. The quantitative estimate of drug-likeness (QED) is 0.428. The molecule has 0 aliphatic rings. The molecule has 0 aromatic heterocycles. The predicted octanol–water partition coefficient (Wildman–Crippen LogP) is -0.241. The Bertz CT molecular complexity index is 104. The van der Waals surface area contributed by atoms with Gasteiger partial charge >= 0.3 is 0 Å². The Morgan fingerprint density at radius 3 is 1.71 bits per heavy atom. The summed E-state index contributed by atoms with van der Waals surface area (Å²) in [4.78, 5) is 2.38. The molecule has 0 radical (unpaired) electrons. The van der Waals surface area contributed by atoms with Crippen LogP contribution in [0.2, 0.25) is 0 Å². The first-order valence-corrected chi connectivity index (χ1v) is 5.58. The van der Waals surface area contributed by atoms with Crippen molar-refractivity contribution in [2.24, 2.45) is 11.5 Å². The van der Waals surface area contributed by atoms with E-state index in [0.717, 1.165) is 58.4 Å². The number of hydrogen-bond donors (Lipinski definition) is 3. The summed E-state index contributed by atoms with van der Waals surface area (Å²) in [6, 6.07) is 0. The van der Waals surface area contributed by atoms with Crippen molar-refractivity contribution in [3.8, 4) is 0 Å². The molecule has 0 aliphatic heterocycles. The lowest BCUT2D eigenvalue weighted by molar-refractivity contribution is 0.239. The molecule has 0 amide bonds. The zero-order valence-electron chi connectivity index (χ0n) is 9.12. The Kier molecular flexibility index (Phi) is 10.8. The molecule has 0 saturated heterocycles. The van der Waals surface area contributed by atoms with Gasteiger partial charge in [-0.3, -0.25) is 0 Å². The van der Waals surface area contributed by atoms with Crippen LogP contribution in [-0.4, -0.2) is 49.3 Å². The molecule has 0 aromatic rings. The van der Waals surface area contributed by atoms with Crippen molar-refractivity contribution < 1.29 is 5.11 Å². The van der Waals surface area contributed by atoms with Gasteiger partial charge in [0.1, 0.15) is 0 Å². The lowest BCUT2D eigenvalue weighted by Crippen LogP contribution is -2.29. The highest BCUT2D eigenvalue weighted by Crippen LogP contribution is 1.97. The summed E-state index contributed by atoms with van der Waals surface area (Å²) in [6.45, 7) is 4.96. The van der Waals surface area contributed by atoms with Crippen LogP contribution in [0.1, 0.15) is 25.7 Å². The molecule has 0 aliphatic carbocycles. The molecule has 0 saturated carbocycles. The van der Waals surface area contributed by atoms with Crippen LogP contribution in [0.15, 0.2) is 0 Å². The van der Waals surface area contributed by atoms with Crippen molar-refractivity contribution in [1.82, 2.24) is 4.90 Å². The Balaban J connectivity index is 3.49. The van der Waals surface area contributed by atoms with E-state index in [1.165, 1.54) is 0 Å². The van der Waals surface area contributed by atoms with Gasteiger partial charge in [0.15, 0.2) is 0 Å². The lowest BCUT2D eigenvalue weighted by Gasteiger charge is -2.21. The fourth-order valence-corrected chi connectivity index (χ4v) is 1.41. The number of aliphatic hydroxyl groups excluding tert-OH is 1. The van der Waals surface area contributed by atoms with E-state index in [9.17, 15) is 0 Å². The van der Waals surface area contributed by atoms with Gasteiger partial charge in [-0.25, -0.2) is 0 Å². The van der Waals surface area contributed by atoms with Crippen LogP contribution in [0.25, 0.3) is 0 Å². The van der Waals surface area contributed by atoms with Crippen LogP contribution in [0, 0.1) is 0 Å². The van der Waals surface area contributed by atoms with E-state index in [2.05, 4.69) is 4.90 Å². The molecule has 0 spiro atoms. The Morgan fingerprint density at radius 1 is 0.786 bits per heavy atom. The Hall–Kier alpha value is -0.160. The third-order valence-corrected chi connectivity index (χ3v) is 2.24. The summed E-state index contributed by atoms with van der Waals surface area (Å²) < 4.78 is 0. The largest absolute Gasteiger partial charge is 0.396 e. The third kappa shape index (κ3) is 8.44. The first-order chi connectivity index (χ1) is 6.85. The highest BCUT2D eigenvalue weighted by molar-refractivity contribution is 4.59. The third-order valence-electron chi connectivity index (χ3n) is 2.24. The van der Waals surface area contributed by atoms with Crippen molar-refractivity contribution >= 4 is 0 Å². The first kappa shape index (κ1) is 13.8. The van der Waals surface area contributed by atoms with Crippen molar-refractivity contribution in [1.29, 1.82) is 0 Å². The van der Waals surface area contributed by atoms with Gasteiger partial charge in [-0.1, -0.05) is 0 Å². The van der Waals surface area contributed by atoms with Gasteiger partial charge in [-0.15, -0.1) is 0 Å². The van der Waals surface area contributed by atoms with Crippen LogP contribution in [0.4, 0.5) is 0 Å². The second-order valence-corrected chi connectivity index (χ2v) is 3.56. The lowest BCUT2D eigenvalue weighted by atomic mass is 10.2. The molecule has 86 valence electrons. The van der Waals surface area contributed by atoms with Crippen molar-refractivity contribution in [2.45, 2.75) is 25.7 Å². The molecule has 0 bridgehead atoms. The van der Waals surface area contributed by atoms with Crippen LogP contribution < -0.4 is 11.5 Å². The van der Waals surface area contributed by atoms with E-state index < -0.39 is 0 Å². The topological polar surface area (TPSA) is 75.5 Å². The van der Waals surface area contributed by atoms with Gasteiger partial charge in [0.25, 0.3) is 0 Å². The molecule has 0 rings (SSSR count). The smallest absolute Gasteiger partial charge is 0.0431 e. The Labute approximate surface area is 87.3 Å². The molecule has 14 heavy (non-hydrogen) atoms. The molecule has 5 N–H and O–H groups in total. The first-order valence-electron chi connectivity index (χ1n) is 5.58. The summed E-state index contributed by atoms with van der Waals surface area (Å²) in [5, 5.41) is 8.67. The van der Waals surface area contributed by atoms with Gasteiger partial charge in [0.05, 0.1) is 0 Å². The van der Waals surface area contributed by atoms with Crippen LogP contribution in [0.5, 0.6) is 0 Å². The fraction of sp³-hybridized carbons (Fsp3) is 1.00. The summed E-state index contributed by atoms with van der Waals surface area (Å²) in [5.74, 6) is 0. The maximum atomic E-state index is 8.67. The van der Waals surface area contributed by atoms with Crippen LogP contribution in [-0.2, 0) is 0 Å². The fourth-order valence-electron chi connectivity index (χ4n) is 1.41. The predicted molar refractivity (Wildman–Crippen MR) is 60.1 cm³/mol. The zero-order valence-corrected chi connectivity index (χ0v) is 9.12. The van der Waals surface area contributed by atoms with E-state index in [-0.39, 0.29) is 0 Å². The molecule has 0 aromatic carbocycles. The summed E-state index contributed by atoms with van der Waals surface area (Å²) >= 11 is 0. The standard InChI is InChI=1S/C10H25N3O/c11-5-3-8-13(9-4-6-12)7-1-2-10-14/h14H,1-12H2. The zero-order chi connectivity index (χ0) is 10.6. The number of unbranched alkanes of at least 4 members (excludes halogenated alkanes) is 1. The van der Waals surface area contributed by atoms with E-state index in [1.807, 2.05) is 0 Å². The number of hydrogen-bond acceptors (Lipinski definition) is 4. The van der Waals surface area contributed by atoms with E-state index >= 15 is 0 Å². The number of rotatable bonds is 10. The number of aliphatic hydroxyl groups is 1. The maximum absolute atomic E-state index is 8.67. The highest BCUT2D eigenvalue weighted by atomic mass is 16.2. The SMILES string of the molecule is NCCCN(CCCN)CCCCO. The second kappa shape index (κ2) is 10.9. The Morgan fingerprint density at radius 2 is 1.29 bits per heavy atom.